The van der Waals surface area contributed by atoms with Crippen LogP contribution in [0.5, 0.6) is 0 Å². The topological polar surface area (TPSA) is 197 Å². The molecule has 2 unspecified atom stereocenters. The van der Waals surface area contributed by atoms with Crippen LogP contribution in [-0.4, -0.2) is 70.3 Å². The van der Waals surface area contributed by atoms with Crippen LogP contribution >= 0.6 is 34.6 Å². The number of aromatic nitrogens is 4. The molecule has 1 fully saturated rings. The number of fused-ring (bicyclic) bond motifs is 1. The Kier molecular flexibility index (Phi) is 5.35. The molecule has 30 heavy (non-hydrogen) atoms. The van der Waals surface area contributed by atoms with Gasteiger partial charge in [-0.2, -0.15) is 9.36 Å². The average molecular weight is 469 g/mol. The molecule has 2 aromatic rings. The summed E-state index contributed by atoms with van der Waals surface area (Å²) in [5, 5.41) is 31.9. The smallest absolute Gasteiger partial charge is 0.353 e. The summed E-state index contributed by atoms with van der Waals surface area (Å²) in [4.78, 5) is 42.4. The van der Waals surface area contributed by atoms with Crippen molar-refractivity contribution in [2.75, 3.05) is 5.73 Å². The third-order valence-corrected chi connectivity index (χ3v) is 6.86. The molecule has 2 aliphatic rings. The van der Waals surface area contributed by atoms with Crippen LogP contribution in [0.1, 0.15) is 18.7 Å². The number of amides is 2. The van der Waals surface area contributed by atoms with Crippen LogP contribution in [0.4, 0.5) is 5.13 Å². The van der Waals surface area contributed by atoms with Crippen LogP contribution < -0.4 is 11.1 Å². The Morgan fingerprint density at radius 1 is 1.43 bits per heavy atom. The van der Waals surface area contributed by atoms with E-state index >= 15 is 0 Å². The first kappa shape index (κ1) is 20.2. The van der Waals surface area contributed by atoms with E-state index in [1.165, 1.54) is 16.8 Å². The van der Waals surface area contributed by atoms with Gasteiger partial charge in [0, 0.05) is 16.4 Å². The molecule has 13 nitrogen and oxygen atoms in total. The van der Waals surface area contributed by atoms with Crippen LogP contribution in [0.3, 0.4) is 0 Å². The van der Waals surface area contributed by atoms with Crippen LogP contribution in [-0.2, 0) is 14.4 Å². The first-order chi connectivity index (χ1) is 14.4. The summed E-state index contributed by atoms with van der Waals surface area (Å²) in [5.74, 6) is -2.87. The SMILES string of the molecule is Nc1nc(C(=NO)C(=O)NC2C(=O)N3C(C(=O)O)=C(Sc4nncs4)CCC23)ns1. The molecular formula is C14H12N8O5S3. The Bertz CT molecular complexity index is 1080. The van der Waals surface area contributed by atoms with E-state index in [0.717, 1.165) is 28.2 Å². The minimum absolute atomic E-state index is 0.0776. The fourth-order valence-corrected chi connectivity index (χ4v) is 5.31. The fraction of sp³-hybridized carbons (Fsp3) is 0.286. The van der Waals surface area contributed by atoms with Gasteiger partial charge in [0.2, 0.25) is 11.5 Å². The molecule has 2 amide bonds. The lowest BCUT2D eigenvalue weighted by atomic mass is 9.86. The van der Waals surface area contributed by atoms with E-state index in [1.54, 1.807) is 0 Å². The molecule has 156 valence electrons. The number of nitrogen functional groups attached to an aromatic ring is 1. The molecule has 0 aliphatic carbocycles. The van der Waals surface area contributed by atoms with Crippen molar-refractivity contribution in [3.05, 3.63) is 21.9 Å². The van der Waals surface area contributed by atoms with Gasteiger partial charge in [0.25, 0.3) is 11.8 Å². The zero-order valence-electron chi connectivity index (χ0n) is 14.8. The summed E-state index contributed by atoms with van der Waals surface area (Å²) in [6, 6.07) is -1.51. The summed E-state index contributed by atoms with van der Waals surface area (Å²) >= 11 is 3.23. The Balaban J connectivity index is 1.52. The highest BCUT2D eigenvalue weighted by Gasteiger charge is 2.54. The molecule has 4 rings (SSSR count). The molecule has 1 saturated heterocycles. The van der Waals surface area contributed by atoms with Gasteiger partial charge in [0.1, 0.15) is 17.2 Å². The highest BCUT2D eigenvalue weighted by molar-refractivity contribution is 8.04. The number of thioether (sulfide) groups is 1. The van der Waals surface area contributed by atoms with E-state index in [-0.39, 0.29) is 16.7 Å². The quantitative estimate of drug-likeness (QED) is 0.188. The van der Waals surface area contributed by atoms with Gasteiger partial charge in [-0.25, -0.2) is 4.79 Å². The van der Waals surface area contributed by atoms with Gasteiger partial charge in [-0.15, -0.1) is 10.2 Å². The number of β-lactam (4-membered cyclic amide) rings is 1. The van der Waals surface area contributed by atoms with Crippen molar-refractivity contribution in [2.24, 2.45) is 5.16 Å². The van der Waals surface area contributed by atoms with E-state index in [1.807, 2.05) is 0 Å². The Morgan fingerprint density at radius 3 is 2.83 bits per heavy atom. The summed E-state index contributed by atoms with van der Waals surface area (Å²) < 4.78 is 4.37. The predicted octanol–water partition coefficient (Wildman–Crippen LogP) is -0.272. The third kappa shape index (κ3) is 3.48. The summed E-state index contributed by atoms with van der Waals surface area (Å²) in [7, 11) is 0. The first-order valence-electron chi connectivity index (χ1n) is 8.26. The number of anilines is 1. The van der Waals surface area contributed by atoms with E-state index in [9.17, 15) is 19.5 Å². The number of allylic oxidation sites excluding steroid dienone is 1. The molecule has 0 saturated carbocycles. The Labute approximate surface area is 179 Å². The number of carbonyl (C=O) groups excluding carboxylic acids is 2. The Morgan fingerprint density at radius 2 is 2.23 bits per heavy atom. The second-order valence-corrected chi connectivity index (χ2v) is 9.01. The van der Waals surface area contributed by atoms with Gasteiger partial charge < -0.3 is 21.4 Å². The van der Waals surface area contributed by atoms with Crippen molar-refractivity contribution in [2.45, 2.75) is 29.3 Å². The normalized spacial score (nSPS) is 21.3. The van der Waals surface area contributed by atoms with E-state index in [0.29, 0.717) is 22.1 Å². The predicted molar refractivity (Wildman–Crippen MR) is 105 cm³/mol. The third-order valence-electron chi connectivity index (χ3n) is 4.40. The van der Waals surface area contributed by atoms with Gasteiger partial charge in [-0.05, 0) is 12.8 Å². The Hall–Kier alpha value is -3.11. The molecule has 4 heterocycles. The lowest BCUT2D eigenvalue weighted by Crippen LogP contribution is -2.72. The van der Waals surface area contributed by atoms with Gasteiger partial charge >= 0.3 is 5.97 Å². The largest absolute Gasteiger partial charge is 0.477 e. The van der Waals surface area contributed by atoms with Crippen molar-refractivity contribution in [1.29, 1.82) is 0 Å². The minimum atomic E-state index is -1.25. The molecule has 2 atom stereocenters. The van der Waals surface area contributed by atoms with Crippen LogP contribution in [0.25, 0.3) is 0 Å². The van der Waals surface area contributed by atoms with Crippen molar-refractivity contribution >= 4 is 63.3 Å². The van der Waals surface area contributed by atoms with E-state index in [4.69, 9.17) is 10.9 Å². The lowest BCUT2D eigenvalue weighted by Gasteiger charge is -2.49. The monoisotopic (exact) mass is 468 g/mol. The molecule has 0 radical (unpaired) electrons. The maximum atomic E-state index is 12.7. The number of hydrogen-bond acceptors (Lipinski definition) is 13. The van der Waals surface area contributed by atoms with Gasteiger partial charge in [-0.3, -0.25) is 14.5 Å². The highest BCUT2D eigenvalue weighted by atomic mass is 32.2. The number of carboxylic acid groups (broad SMARTS) is 1. The molecule has 0 aromatic carbocycles. The average Bonchev–Trinajstić information content (AvgIpc) is 3.38. The summed E-state index contributed by atoms with van der Waals surface area (Å²) in [6.45, 7) is 0. The van der Waals surface area contributed by atoms with Crippen LogP contribution in [0.15, 0.2) is 25.6 Å². The maximum absolute atomic E-state index is 12.7. The number of carboxylic acids is 1. The highest BCUT2D eigenvalue weighted by Crippen LogP contribution is 2.43. The van der Waals surface area contributed by atoms with Gasteiger partial charge in [0.05, 0.1) is 6.04 Å². The number of aliphatic carboxylic acids is 1. The number of carbonyl (C=O) groups is 3. The van der Waals surface area contributed by atoms with Crippen molar-refractivity contribution < 1.29 is 24.7 Å². The maximum Gasteiger partial charge on any atom is 0.353 e. The fourth-order valence-electron chi connectivity index (χ4n) is 3.17. The molecular weight excluding hydrogens is 456 g/mol. The standard InChI is InChI=1S/C14H12N8O5S3/c15-13-18-9(21-30-13)7(20-27)10(23)17-6-4-1-2-5(29-14-19-16-3-28-14)8(12(25)26)22(4)11(6)24/h3-4,6,27H,1-2H2,(H,17,23)(H,25,26)(H2,15,18,21). The molecule has 16 heteroatoms. The minimum Gasteiger partial charge on any atom is -0.477 e. The molecule has 0 spiro atoms. The molecule has 2 aliphatic heterocycles. The number of nitrogens with zero attached hydrogens (tertiary/aromatic N) is 6. The zero-order valence-corrected chi connectivity index (χ0v) is 17.2. The van der Waals surface area contributed by atoms with Crippen LogP contribution in [0, 0.1) is 0 Å². The zero-order chi connectivity index (χ0) is 21.4. The number of nitrogens with one attached hydrogen (secondary N) is 1. The van der Waals surface area contributed by atoms with E-state index in [2.05, 4.69) is 30.0 Å². The van der Waals surface area contributed by atoms with Crippen LogP contribution in [0.2, 0.25) is 0 Å². The number of nitrogens with two attached hydrogens (primary N) is 1. The molecule has 2 aromatic heterocycles. The van der Waals surface area contributed by atoms with Crippen molar-refractivity contribution in [3.63, 3.8) is 0 Å². The number of hydrogen-bond donors (Lipinski definition) is 4. The van der Waals surface area contributed by atoms with Crippen molar-refractivity contribution in [1.82, 2.24) is 29.8 Å². The molecule has 5 N–H and O–H groups in total. The summed E-state index contributed by atoms with van der Waals surface area (Å²) in [5.41, 5.74) is 6.37. The number of oxime groups is 1. The van der Waals surface area contributed by atoms with Crippen molar-refractivity contribution in [3.8, 4) is 0 Å². The molecule has 0 bridgehead atoms. The second kappa shape index (κ2) is 7.96. The lowest BCUT2D eigenvalue weighted by molar-refractivity contribution is -0.155. The second-order valence-electron chi connectivity index (χ2n) is 6.05. The van der Waals surface area contributed by atoms with E-state index < -0.39 is 35.6 Å². The summed E-state index contributed by atoms with van der Waals surface area (Å²) in [6.07, 6.45) is 0.819. The van der Waals surface area contributed by atoms with Gasteiger partial charge in [-0.1, -0.05) is 28.3 Å². The number of rotatable bonds is 6. The van der Waals surface area contributed by atoms with Gasteiger partial charge in [0.15, 0.2) is 9.47 Å². The first-order valence-corrected chi connectivity index (χ1v) is 10.7.